The van der Waals surface area contributed by atoms with Crippen LogP contribution in [-0.2, 0) is 71.9 Å². The van der Waals surface area contributed by atoms with Crippen molar-refractivity contribution in [1.29, 1.82) is 0 Å². The lowest BCUT2D eigenvalue weighted by molar-refractivity contribution is -0.130. The van der Waals surface area contributed by atoms with E-state index in [2.05, 4.69) is 139 Å². The van der Waals surface area contributed by atoms with E-state index < -0.39 is 0 Å². The van der Waals surface area contributed by atoms with E-state index in [1.807, 2.05) is 45.7 Å². The van der Waals surface area contributed by atoms with Crippen LogP contribution in [0.5, 0.6) is 0 Å². The fourth-order valence-corrected chi connectivity index (χ4v) is 13.0. The third kappa shape index (κ3) is 9.48. The first kappa shape index (κ1) is 49.7. The van der Waals surface area contributed by atoms with Crippen LogP contribution in [0, 0.1) is 0 Å². The summed E-state index contributed by atoms with van der Waals surface area (Å²) in [6.45, 7) is 10.6. The highest BCUT2D eigenvalue weighted by Crippen LogP contribution is 2.46. The number of rotatable bonds is 8. The molecule has 0 spiro atoms. The van der Waals surface area contributed by atoms with Crippen LogP contribution in [0.4, 0.5) is 23.0 Å². The number of carbonyl (C=O) groups is 2. The molecule has 0 saturated carbocycles. The number of hydrogen-bond acceptors (Lipinski definition) is 10. The number of benzene rings is 4. The number of nitrogens with zero attached hydrogens (tertiary/aromatic N) is 12. The maximum Gasteiger partial charge on any atom is 0.219 e. The summed E-state index contributed by atoms with van der Waals surface area (Å²) in [6.07, 6.45) is 13.5. The van der Waals surface area contributed by atoms with Gasteiger partial charge < -0.3 is 29.1 Å². The van der Waals surface area contributed by atoms with Crippen LogP contribution in [-0.4, -0.2) is 113 Å². The maximum atomic E-state index is 12.4. The van der Waals surface area contributed by atoms with E-state index in [1.165, 1.54) is 67.3 Å². The molecular formula is C62H68N12O4. The van der Waals surface area contributed by atoms with E-state index >= 15 is 0 Å². The predicted molar refractivity (Wildman–Crippen MR) is 300 cm³/mol. The van der Waals surface area contributed by atoms with Gasteiger partial charge in [-0.2, -0.15) is 20.4 Å². The quantitative estimate of drug-likeness (QED) is 0.145. The smallest absolute Gasteiger partial charge is 0.219 e. The largest absolute Gasteiger partial charge is 0.379 e. The lowest BCUT2D eigenvalue weighted by Crippen LogP contribution is -2.36. The number of aryl methyl sites for hydroxylation is 2. The van der Waals surface area contributed by atoms with Crippen LogP contribution >= 0.6 is 0 Å². The van der Waals surface area contributed by atoms with Crippen molar-refractivity contribution in [3.8, 4) is 22.3 Å². The Kier molecular flexibility index (Phi) is 13.3. The molecule has 16 heteroatoms. The summed E-state index contributed by atoms with van der Waals surface area (Å²) in [6, 6.07) is 35.6. The molecule has 10 heterocycles. The van der Waals surface area contributed by atoms with Crippen molar-refractivity contribution in [1.82, 2.24) is 48.9 Å². The number of ether oxygens (including phenoxy) is 2. The lowest BCUT2D eigenvalue weighted by Gasteiger charge is -2.37. The minimum atomic E-state index is 0.117. The van der Waals surface area contributed by atoms with Gasteiger partial charge in [-0.3, -0.25) is 28.3 Å². The van der Waals surface area contributed by atoms with Crippen molar-refractivity contribution in [2.24, 2.45) is 14.1 Å². The van der Waals surface area contributed by atoms with Crippen molar-refractivity contribution in [2.45, 2.75) is 89.4 Å². The molecule has 4 atom stereocenters. The number of amides is 2. The van der Waals surface area contributed by atoms with Gasteiger partial charge in [0.15, 0.2) is 11.6 Å². The first-order valence-electron chi connectivity index (χ1n) is 27.9. The molecule has 400 valence electrons. The predicted octanol–water partition coefficient (Wildman–Crippen LogP) is 9.26. The normalized spacial score (nSPS) is 20.7. The molecule has 4 aromatic carbocycles. The Morgan fingerprint density at radius 1 is 0.551 bits per heavy atom. The second-order valence-corrected chi connectivity index (χ2v) is 22.1. The van der Waals surface area contributed by atoms with Crippen LogP contribution in [0.2, 0.25) is 0 Å². The van der Waals surface area contributed by atoms with Crippen molar-refractivity contribution < 1.29 is 19.1 Å². The maximum absolute atomic E-state index is 12.4. The minimum absolute atomic E-state index is 0.117. The number of anilines is 4. The number of carbonyl (C=O) groups excluding carboxylic acids is 2. The van der Waals surface area contributed by atoms with Gasteiger partial charge in [0, 0.05) is 149 Å². The summed E-state index contributed by atoms with van der Waals surface area (Å²) in [5, 5.41) is 19.4. The zero-order chi connectivity index (χ0) is 53.0. The van der Waals surface area contributed by atoms with Gasteiger partial charge in [-0.15, -0.1) is 0 Å². The van der Waals surface area contributed by atoms with Crippen molar-refractivity contribution in [3.63, 3.8) is 0 Å². The van der Waals surface area contributed by atoms with Crippen molar-refractivity contribution in [2.75, 3.05) is 62.4 Å². The average Bonchev–Trinajstić information content (AvgIpc) is 4.46. The molecule has 2 saturated heterocycles. The van der Waals surface area contributed by atoms with Crippen LogP contribution in [0.25, 0.3) is 22.3 Å². The second kappa shape index (κ2) is 20.9. The zero-order valence-electron chi connectivity index (χ0n) is 45.2. The Morgan fingerprint density at radius 2 is 0.987 bits per heavy atom. The van der Waals surface area contributed by atoms with E-state index in [0.717, 1.165) is 101 Å². The number of fused-ring (bicyclic) bond motifs is 4. The third-order valence-corrected chi connectivity index (χ3v) is 17.1. The molecule has 78 heavy (non-hydrogen) atoms. The SMILES string of the molecule is CC(=O)N1CCc2c(c(N3C[C@@H](c4ccccc4)Cc4cc(-c5cnn(C)c5)ccc43)nn2[C@H]2CCOC2)C1.CC(=O)N1CCc2c(c(N3C[C@H](c4ccccc4)Cc4cc(-c5cnn(C)c5)ccc43)nn2[C@H]2CCOC2)C1. The van der Waals surface area contributed by atoms with Crippen LogP contribution in [0.1, 0.15) is 95.4 Å². The van der Waals surface area contributed by atoms with E-state index in [4.69, 9.17) is 19.7 Å². The van der Waals surface area contributed by atoms with E-state index in [9.17, 15) is 9.59 Å². The molecule has 6 aliphatic heterocycles. The first-order chi connectivity index (χ1) is 38.1. The van der Waals surface area contributed by atoms with Gasteiger partial charge in [0.2, 0.25) is 11.8 Å². The molecule has 0 unspecified atom stereocenters. The standard InChI is InChI=1S/2C31H34N6O2/c2*1-21(38)35-12-10-30-28(19-35)31(33-37(30)27-11-13-39-20-27)36-18-25(22-6-4-3-5-7-22)15-24-14-23(8-9-29(24)36)26-16-32-34(2)17-26/h2*3-9,14,16-17,25,27H,10-13,15,18-20H2,1-2H3/t25-,27+;25-,27-/m10/s1. The highest BCUT2D eigenvalue weighted by atomic mass is 16.5. The third-order valence-electron chi connectivity index (χ3n) is 17.1. The first-order valence-corrected chi connectivity index (χ1v) is 27.9. The minimum Gasteiger partial charge on any atom is -0.379 e. The molecule has 16 nitrogen and oxygen atoms in total. The Labute approximate surface area is 455 Å². The molecule has 2 amide bonds. The van der Waals surface area contributed by atoms with E-state index in [1.54, 1.807) is 13.8 Å². The van der Waals surface area contributed by atoms with Gasteiger partial charge in [-0.05, 0) is 83.3 Å². The summed E-state index contributed by atoms with van der Waals surface area (Å²) in [5.74, 6) is 2.85. The topological polar surface area (TPSA) is 137 Å². The summed E-state index contributed by atoms with van der Waals surface area (Å²) < 4.78 is 19.7. The molecule has 8 aromatic rings. The lowest BCUT2D eigenvalue weighted by atomic mass is 9.86. The fraction of sp³-hybridized carbons (Fsp3) is 0.387. The molecular weight excluding hydrogens is 977 g/mol. The van der Waals surface area contributed by atoms with Crippen LogP contribution in [0.3, 0.4) is 0 Å². The molecule has 14 rings (SSSR count). The molecule has 6 aliphatic rings. The van der Waals surface area contributed by atoms with Gasteiger partial charge in [-0.25, -0.2) is 0 Å². The van der Waals surface area contributed by atoms with Gasteiger partial charge >= 0.3 is 0 Å². The van der Waals surface area contributed by atoms with E-state index in [0.29, 0.717) is 38.1 Å². The van der Waals surface area contributed by atoms with Gasteiger partial charge in [-0.1, -0.05) is 72.8 Å². The number of hydrogen-bond donors (Lipinski definition) is 0. The van der Waals surface area contributed by atoms with Gasteiger partial charge in [0.25, 0.3) is 0 Å². The van der Waals surface area contributed by atoms with Crippen molar-refractivity contribution in [3.05, 3.63) is 167 Å². The molecule has 0 bridgehead atoms. The van der Waals surface area contributed by atoms with Crippen LogP contribution < -0.4 is 9.80 Å². The fourth-order valence-electron chi connectivity index (χ4n) is 13.0. The number of aromatic nitrogens is 8. The van der Waals surface area contributed by atoms with Crippen LogP contribution in [0.15, 0.2) is 122 Å². The van der Waals surface area contributed by atoms with Gasteiger partial charge in [0.05, 0.1) is 50.8 Å². The molecule has 4 aromatic heterocycles. The Morgan fingerprint density at radius 3 is 1.36 bits per heavy atom. The summed E-state index contributed by atoms with van der Waals surface area (Å²) in [4.78, 5) is 33.6. The Bertz CT molecular complexity index is 3260. The highest BCUT2D eigenvalue weighted by Gasteiger charge is 2.38. The molecule has 0 N–H and O–H groups in total. The Hall–Kier alpha value is -7.82. The summed E-state index contributed by atoms with van der Waals surface area (Å²) in [5.41, 5.74) is 17.2. The van der Waals surface area contributed by atoms with Crippen molar-refractivity contribution >= 4 is 34.8 Å². The monoisotopic (exact) mass is 1040 g/mol. The van der Waals surface area contributed by atoms with Gasteiger partial charge in [0.1, 0.15) is 0 Å². The molecule has 2 fully saturated rings. The molecule has 0 radical (unpaired) electrons. The second-order valence-electron chi connectivity index (χ2n) is 22.1. The molecule has 0 aliphatic carbocycles. The highest BCUT2D eigenvalue weighted by molar-refractivity contribution is 5.78. The Balaban J connectivity index is 0.000000148. The zero-order valence-corrected chi connectivity index (χ0v) is 45.2. The summed E-state index contributed by atoms with van der Waals surface area (Å²) in [7, 11) is 3.91. The summed E-state index contributed by atoms with van der Waals surface area (Å²) >= 11 is 0. The van der Waals surface area contributed by atoms with E-state index in [-0.39, 0.29) is 23.9 Å². The average molecular weight is 1050 g/mol.